The zero-order valence-electron chi connectivity index (χ0n) is 28.0. The fourth-order valence-electron chi connectivity index (χ4n) is 6.51. The van der Waals surface area contributed by atoms with Crippen LogP contribution in [0.1, 0.15) is 101 Å². The molecule has 2 aliphatic rings. The number of halogens is 1. The van der Waals surface area contributed by atoms with Crippen molar-refractivity contribution in [1.82, 2.24) is 25.0 Å². The van der Waals surface area contributed by atoms with Crippen LogP contribution in [0.3, 0.4) is 0 Å². The summed E-state index contributed by atoms with van der Waals surface area (Å²) >= 11 is 0. The first-order chi connectivity index (χ1) is 22.0. The fraction of sp³-hybridized carbons (Fsp3) is 0.600. The molecule has 4 amide bonds. The Hall–Kier alpha value is -3.73. The van der Waals surface area contributed by atoms with Crippen molar-refractivity contribution in [3.05, 3.63) is 53.6 Å². The first-order valence-electron chi connectivity index (χ1n) is 16.8. The first kappa shape index (κ1) is 35.1. The highest BCUT2D eigenvalue weighted by molar-refractivity contribution is 6.01. The molecule has 1 aromatic carbocycles. The highest BCUT2D eigenvalue weighted by Gasteiger charge is 2.34. The molecule has 4 rings (SSSR count). The number of likely N-dealkylation sites (N-methyl/N-ethyl adjacent to an activating group) is 1. The second kappa shape index (κ2) is 16.2. The predicted molar refractivity (Wildman–Crippen MR) is 177 cm³/mol. The number of hydrogen-bond donors (Lipinski definition) is 3. The Morgan fingerprint density at radius 1 is 0.935 bits per heavy atom. The number of carbonyl (C=O) groups excluding carboxylic acids is 4. The van der Waals surface area contributed by atoms with Gasteiger partial charge >= 0.3 is 0 Å². The van der Waals surface area contributed by atoms with E-state index >= 15 is 4.39 Å². The molecule has 1 aromatic heterocycles. The maximum Gasteiger partial charge on any atom is 0.268 e. The van der Waals surface area contributed by atoms with Crippen molar-refractivity contribution in [2.75, 3.05) is 38.5 Å². The minimum atomic E-state index is -0.852. The minimum Gasteiger partial charge on any atom is -0.344 e. The summed E-state index contributed by atoms with van der Waals surface area (Å²) in [6, 6.07) is 6.43. The molecule has 1 saturated carbocycles. The maximum absolute atomic E-state index is 15.7. The van der Waals surface area contributed by atoms with Crippen LogP contribution in [0.5, 0.6) is 0 Å². The Bertz CT molecular complexity index is 1360. The van der Waals surface area contributed by atoms with E-state index in [2.05, 4.69) is 20.9 Å². The number of piperazine rings is 1. The molecule has 2 heterocycles. The van der Waals surface area contributed by atoms with Crippen molar-refractivity contribution >= 4 is 29.3 Å². The molecule has 0 radical (unpaired) electrons. The van der Waals surface area contributed by atoms with Crippen LogP contribution in [0.2, 0.25) is 0 Å². The molecule has 0 spiro atoms. The van der Waals surface area contributed by atoms with Gasteiger partial charge in [0.1, 0.15) is 23.6 Å². The van der Waals surface area contributed by atoms with E-state index < -0.39 is 29.7 Å². The van der Waals surface area contributed by atoms with Crippen LogP contribution in [0, 0.1) is 11.7 Å². The second-order valence-electron chi connectivity index (χ2n) is 13.1. The third-order valence-electron chi connectivity index (χ3n) is 9.50. The summed E-state index contributed by atoms with van der Waals surface area (Å²) in [5.41, 5.74) is 1.00. The van der Waals surface area contributed by atoms with Crippen LogP contribution in [-0.2, 0) is 14.4 Å². The average molecular weight is 639 g/mol. The van der Waals surface area contributed by atoms with Gasteiger partial charge in [0.15, 0.2) is 0 Å². The maximum atomic E-state index is 15.7. The second-order valence-corrected chi connectivity index (χ2v) is 13.1. The van der Waals surface area contributed by atoms with Crippen LogP contribution < -0.4 is 16.0 Å². The molecular weight excluding hydrogens is 587 g/mol. The molecule has 2 fully saturated rings. The van der Waals surface area contributed by atoms with E-state index in [1.807, 2.05) is 37.7 Å². The largest absolute Gasteiger partial charge is 0.344 e. The molecule has 0 bridgehead atoms. The summed E-state index contributed by atoms with van der Waals surface area (Å²) in [5.74, 6) is -2.47. The van der Waals surface area contributed by atoms with E-state index in [0.717, 1.165) is 51.6 Å². The highest BCUT2D eigenvalue weighted by Crippen LogP contribution is 2.29. The highest BCUT2D eigenvalue weighted by atomic mass is 19.1. The van der Waals surface area contributed by atoms with Gasteiger partial charge in [-0.1, -0.05) is 45.6 Å². The molecule has 1 aliphatic carbocycles. The molecule has 0 unspecified atom stereocenters. The molecule has 1 saturated heterocycles. The van der Waals surface area contributed by atoms with Gasteiger partial charge < -0.3 is 30.3 Å². The summed E-state index contributed by atoms with van der Waals surface area (Å²) in [5, 5.41) is 8.59. The summed E-state index contributed by atoms with van der Waals surface area (Å²) < 4.78 is 17.5. The number of aromatic nitrogens is 1. The van der Waals surface area contributed by atoms with Crippen molar-refractivity contribution < 1.29 is 23.6 Å². The summed E-state index contributed by atoms with van der Waals surface area (Å²) in [7, 11) is 2.00. The Kier molecular flexibility index (Phi) is 12.4. The van der Waals surface area contributed by atoms with Crippen LogP contribution >= 0.6 is 0 Å². The van der Waals surface area contributed by atoms with E-state index in [0.29, 0.717) is 24.3 Å². The third kappa shape index (κ3) is 8.74. The van der Waals surface area contributed by atoms with Crippen LogP contribution in [0.25, 0.3) is 0 Å². The van der Waals surface area contributed by atoms with Gasteiger partial charge in [-0.2, -0.15) is 0 Å². The van der Waals surface area contributed by atoms with Crippen molar-refractivity contribution in [1.29, 1.82) is 0 Å². The Labute approximate surface area is 272 Å². The Morgan fingerprint density at radius 2 is 1.61 bits per heavy atom. The molecule has 3 N–H and O–H groups in total. The van der Waals surface area contributed by atoms with Gasteiger partial charge in [-0.3, -0.25) is 19.2 Å². The summed E-state index contributed by atoms with van der Waals surface area (Å²) in [4.78, 5) is 57.0. The fourth-order valence-corrected chi connectivity index (χ4v) is 6.51. The molecule has 252 valence electrons. The van der Waals surface area contributed by atoms with Crippen molar-refractivity contribution in [2.24, 2.45) is 5.92 Å². The van der Waals surface area contributed by atoms with Crippen molar-refractivity contribution in [3.63, 3.8) is 0 Å². The zero-order valence-corrected chi connectivity index (χ0v) is 28.0. The van der Waals surface area contributed by atoms with Crippen LogP contribution in [0.4, 0.5) is 10.1 Å². The van der Waals surface area contributed by atoms with Gasteiger partial charge in [-0.05, 0) is 69.5 Å². The molecule has 2 aromatic rings. The van der Waals surface area contributed by atoms with Gasteiger partial charge in [0.05, 0.1) is 5.69 Å². The molecule has 10 nitrogen and oxygen atoms in total. The van der Waals surface area contributed by atoms with Crippen LogP contribution in [-0.4, -0.2) is 83.3 Å². The van der Waals surface area contributed by atoms with Crippen molar-refractivity contribution in [2.45, 2.75) is 96.7 Å². The van der Waals surface area contributed by atoms with Gasteiger partial charge in [0, 0.05) is 50.8 Å². The number of benzene rings is 1. The molecule has 46 heavy (non-hydrogen) atoms. The number of hydrogen-bond acceptors (Lipinski definition) is 5. The lowest BCUT2D eigenvalue weighted by molar-refractivity contribution is -0.138. The molecular formula is C35H51FN6O4. The SMILES string of the molecule is CCC(=O)N[C@@H](C(=O)N1CCN(C)CC1)[C@@H](C)c1ccc(NC(=O)[C@@H](NC(=O)c2cccn2C(C)C)C2CCCCCC2)c(F)c1. The van der Waals surface area contributed by atoms with E-state index in [1.54, 1.807) is 30.9 Å². The number of nitrogens with one attached hydrogen (secondary N) is 3. The van der Waals surface area contributed by atoms with Crippen LogP contribution in [0.15, 0.2) is 36.5 Å². The number of nitrogens with zero attached hydrogens (tertiary/aromatic N) is 3. The standard InChI is InChI=1S/C35H51FN6O4/c1-6-30(43)38-31(35(46)41-20-18-40(5)19-21-41)24(4)26-15-16-28(27(36)22-26)37-34(45)32(25-12-9-7-8-10-13-25)39-33(44)29-14-11-17-42(29)23(2)3/h11,14-17,22-25,31-32H,6-10,12-13,18-21H2,1-5H3,(H,37,45)(H,38,43)(H,39,44)/t24-,31+,32-/m0/s1. The minimum absolute atomic E-state index is 0.00101. The lowest BCUT2D eigenvalue weighted by Crippen LogP contribution is -2.55. The summed E-state index contributed by atoms with van der Waals surface area (Å²) in [6.07, 6.45) is 7.77. The van der Waals surface area contributed by atoms with Gasteiger partial charge in [-0.25, -0.2) is 4.39 Å². The quantitative estimate of drug-likeness (QED) is 0.309. The van der Waals surface area contributed by atoms with Gasteiger partial charge in [-0.15, -0.1) is 0 Å². The van der Waals surface area contributed by atoms with E-state index in [1.165, 1.54) is 12.1 Å². The van der Waals surface area contributed by atoms with E-state index in [-0.39, 0.29) is 41.8 Å². The normalized spacial score (nSPS) is 18.4. The molecule has 3 atom stereocenters. The predicted octanol–water partition coefficient (Wildman–Crippen LogP) is 4.69. The molecule has 11 heteroatoms. The number of carbonyl (C=O) groups is 4. The number of rotatable bonds is 11. The van der Waals surface area contributed by atoms with Crippen molar-refractivity contribution in [3.8, 4) is 0 Å². The van der Waals surface area contributed by atoms with Gasteiger partial charge in [0.25, 0.3) is 5.91 Å². The van der Waals surface area contributed by atoms with E-state index in [4.69, 9.17) is 0 Å². The Morgan fingerprint density at radius 3 is 2.22 bits per heavy atom. The zero-order chi connectivity index (χ0) is 33.4. The summed E-state index contributed by atoms with van der Waals surface area (Å²) in [6.45, 7) is 10.1. The van der Waals surface area contributed by atoms with E-state index in [9.17, 15) is 19.2 Å². The smallest absolute Gasteiger partial charge is 0.268 e. The number of amides is 4. The average Bonchev–Trinajstić information content (AvgIpc) is 3.40. The monoisotopic (exact) mass is 638 g/mol. The first-order valence-corrected chi connectivity index (χ1v) is 16.8. The topological polar surface area (TPSA) is 116 Å². The molecule has 1 aliphatic heterocycles. The lowest BCUT2D eigenvalue weighted by Gasteiger charge is -2.36. The Balaban J connectivity index is 1.53. The lowest BCUT2D eigenvalue weighted by atomic mass is 9.90. The third-order valence-corrected chi connectivity index (χ3v) is 9.50. The number of anilines is 1. The van der Waals surface area contributed by atoms with Gasteiger partial charge in [0.2, 0.25) is 17.7 Å².